The molecule has 0 radical (unpaired) electrons. The van der Waals surface area contributed by atoms with Crippen molar-refractivity contribution in [1.29, 1.82) is 0 Å². The van der Waals surface area contributed by atoms with Gasteiger partial charge in [0.1, 0.15) is 6.29 Å². The van der Waals surface area contributed by atoms with Gasteiger partial charge in [-0.3, -0.25) is 4.79 Å². The number of unbranched alkanes of at least 4 members (excludes halogenated alkanes) is 11. The van der Waals surface area contributed by atoms with Crippen LogP contribution in [0.25, 0.3) is 0 Å². The first-order chi connectivity index (χ1) is 18.2. The third-order valence-corrected chi connectivity index (χ3v) is 7.77. The topological polar surface area (TPSA) is 59.1 Å². The highest BCUT2D eigenvalue weighted by Gasteiger charge is 2.22. The summed E-state index contributed by atoms with van der Waals surface area (Å²) < 4.78 is 10.9. The van der Waals surface area contributed by atoms with Crippen molar-refractivity contribution in [3.63, 3.8) is 0 Å². The van der Waals surface area contributed by atoms with E-state index in [4.69, 9.17) is 9.47 Å². The molecule has 1 aliphatic rings. The second kappa shape index (κ2) is 25.3. The zero-order chi connectivity index (χ0) is 26.8. The van der Waals surface area contributed by atoms with Crippen LogP contribution in [0.4, 0.5) is 0 Å². The van der Waals surface area contributed by atoms with Crippen LogP contribution in [0.5, 0.6) is 0 Å². The SMILES string of the molecule is CCCCCCC(CCCCCC)CCCOC(=O)CCCCCN(CCCCCC=O)CCC1CO1. The summed E-state index contributed by atoms with van der Waals surface area (Å²) in [6.45, 7) is 9.36. The summed E-state index contributed by atoms with van der Waals surface area (Å²) in [5, 5.41) is 0. The molecule has 1 aliphatic heterocycles. The number of nitrogens with zero attached hydrogens (tertiary/aromatic N) is 1. The highest BCUT2D eigenvalue weighted by atomic mass is 16.6. The smallest absolute Gasteiger partial charge is 0.305 e. The Balaban J connectivity index is 2.11. The molecule has 5 heteroatoms. The van der Waals surface area contributed by atoms with E-state index in [9.17, 15) is 9.59 Å². The van der Waals surface area contributed by atoms with E-state index in [0.29, 0.717) is 25.6 Å². The maximum absolute atomic E-state index is 12.2. The van der Waals surface area contributed by atoms with Gasteiger partial charge in [-0.2, -0.15) is 0 Å². The van der Waals surface area contributed by atoms with Crippen LogP contribution in [0.2, 0.25) is 0 Å². The molecule has 5 nitrogen and oxygen atoms in total. The second-order valence-corrected chi connectivity index (χ2v) is 11.3. The number of aldehydes is 1. The lowest BCUT2D eigenvalue weighted by Crippen LogP contribution is -2.28. The van der Waals surface area contributed by atoms with E-state index in [2.05, 4.69) is 18.7 Å². The van der Waals surface area contributed by atoms with Crippen LogP contribution in [0, 0.1) is 5.92 Å². The molecular formula is C32H61NO4. The summed E-state index contributed by atoms with van der Waals surface area (Å²) in [5.41, 5.74) is 0. The fourth-order valence-corrected chi connectivity index (χ4v) is 5.20. The van der Waals surface area contributed by atoms with Crippen LogP contribution in [0.3, 0.4) is 0 Å². The van der Waals surface area contributed by atoms with Crippen molar-refractivity contribution in [3.05, 3.63) is 0 Å². The summed E-state index contributed by atoms with van der Waals surface area (Å²) in [7, 11) is 0. The lowest BCUT2D eigenvalue weighted by atomic mass is 9.91. The first kappa shape index (κ1) is 34.1. The van der Waals surface area contributed by atoms with Gasteiger partial charge in [-0.15, -0.1) is 0 Å². The molecule has 0 aromatic rings. The molecule has 0 spiro atoms. The number of carbonyl (C=O) groups is 2. The number of hydrogen-bond acceptors (Lipinski definition) is 5. The minimum atomic E-state index is -0.0136. The average molecular weight is 524 g/mol. The molecule has 1 atom stereocenters. The Kier molecular flexibility index (Phi) is 23.3. The molecule has 1 heterocycles. The number of hydrogen-bond donors (Lipinski definition) is 0. The lowest BCUT2D eigenvalue weighted by molar-refractivity contribution is -0.144. The van der Waals surface area contributed by atoms with Gasteiger partial charge in [0.15, 0.2) is 0 Å². The molecule has 218 valence electrons. The van der Waals surface area contributed by atoms with Gasteiger partial charge in [0.05, 0.1) is 19.3 Å². The Morgan fingerprint density at radius 2 is 1.41 bits per heavy atom. The van der Waals surface area contributed by atoms with Gasteiger partial charge in [-0.25, -0.2) is 0 Å². The molecule has 0 N–H and O–H groups in total. The summed E-state index contributed by atoms with van der Waals surface area (Å²) in [6, 6.07) is 0. The van der Waals surface area contributed by atoms with Gasteiger partial charge < -0.3 is 19.2 Å². The molecule has 0 aromatic carbocycles. The molecule has 0 aliphatic carbocycles. The predicted molar refractivity (Wildman–Crippen MR) is 155 cm³/mol. The van der Waals surface area contributed by atoms with Crippen molar-refractivity contribution < 1.29 is 19.1 Å². The van der Waals surface area contributed by atoms with Gasteiger partial charge >= 0.3 is 5.97 Å². The van der Waals surface area contributed by atoms with Gasteiger partial charge in [0.25, 0.3) is 0 Å². The summed E-state index contributed by atoms with van der Waals surface area (Å²) in [5.74, 6) is 0.798. The van der Waals surface area contributed by atoms with Crippen LogP contribution in [0.1, 0.15) is 149 Å². The molecule has 1 saturated heterocycles. The molecule has 0 aromatic heterocycles. The van der Waals surface area contributed by atoms with Crippen molar-refractivity contribution in [2.75, 3.05) is 32.8 Å². The van der Waals surface area contributed by atoms with Gasteiger partial charge in [0, 0.05) is 19.4 Å². The first-order valence-corrected chi connectivity index (χ1v) is 16.1. The zero-order valence-electron chi connectivity index (χ0n) is 24.7. The largest absolute Gasteiger partial charge is 0.466 e. The molecule has 0 amide bonds. The number of epoxide rings is 1. The third kappa shape index (κ3) is 22.7. The highest BCUT2D eigenvalue weighted by Crippen LogP contribution is 2.23. The van der Waals surface area contributed by atoms with E-state index in [1.807, 2.05) is 0 Å². The molecular weight excluding hydrogens is 462 g/mol. The molecule has 1 unspecified atom stereocenters. The molecule has 0 saturated carbocycles. The summed E-state index contributed by atoms with van der Waals surface area (Å²) in [4.78, 5) is 25.2. The minimum absolute atomic E-state index is 0.0136. The summed E-state index contributed by atoms with van der Waals surface area (Å²) in [6.07, 6.45) is 26.0. The quantitative estimate of drug-likeness (QED) is 0.0427. The highest BCUT2D eigenvalue weighted by molar-refractivity contribution is 5.69. The van der Waals surface area contributed by atoms with Crippen molar-refractivity contribution in [1.82, 2.24) is 4.90 Å². The van der Waals surface area contributed by atoms with Gasteiger partial charge in [0.2, 0.25) is 0 Å². The van der Waals surface area contributed by atoms with Crippen LogP contribution >= 0.6 is 0 Å². The van der Waals surface area contributed by atoms with Crippen LogP contribution in [-0.4, -0.2) is 56.1 Å². The maximum atomic E-state index is 12.2. The van der Waals surface area contributed by atoms with E-state index in [-0.39, 0.29) is 5.97 Å². The molecule has 37 heavy (non-hydrogen) atoms. The second-order valence-electron chi connectivity index (χ2n) is 11.3. The van der Waals surface area contributed by atoms with Gasteiger partial charge in [-0.1, -0.05) is 90.9 Å². The zero-order valence-corrected chi connectivity index (χ0v) is 24.7. The van der Waals surface area contributed by atoms with E-state index in [1.54, 1.807) is 0 Å². The maximum Gasteiger partial charge on any atom is 0.305 e. The Hall–Kier alpha value is -0.940. The number of carbonyl (C=O) groups excluding carboxylic acids is 2. The normalized spacial score (nSPS) is 15.0. The molecule has 1 rings (SSSR count). The minimum Gasteiger partial charge on any atom is -0.466 e. The monoisotopic (exact) mass is 523 g/mol. The lowest BCUT2D eigenvalue weighted by Gasteiger charge is -2.22. The fraction of sp³-hybridized carbons (Fsp3) is 0.938. The number of rotatable bonds is 29. The Labute approximate surface area is 229 Å². The van der Waals surface area contributed by atoms with Gasteiger partial charge in [-0.05, 0) is 64.0 Å². The van der Waals surface area contributed by atoms with E-state index >= 15 is 0 Å². The van der Waals surface area contributed by atoms with Crippen molar-refractivity contribution >= 4 is 12.3 Å². The van der Waals surface area contributed by atoms with E-state index in [0.717, 1.165) is 89.8 Å². The first-order valence-electron chi connectivity index (χ1n) is 16.1. The summed E-state index contributed by atoms with van der Waals surface area (Å²) >= 11 is 0. The van der Waals surface area contributed by atoms with Crippen LogP contribution < -0.4 is 0 Å². The van der Waals surface area contributed by atoms with E-state index in [1.165, 1.54) is 70.6 Å². The predicted octanol–water partition coefficient (Wildman–Crippen LogP) is 8.28. The van der Waals surface area contributed by atoms with Crippen molar-refractivity contribution in [2.45, 2.75) is 155 Å². The number of esters is 1. The number of ether oxygens (including phenoxy) is 2. The third-order valence-electron chi connectivity index (χ3n) is 7.77. The standard InChI is InChI=1S/C32H61NO4/c1-3-5-7-12-19-30(20-13-8-6-4-2)21-18-28-36-32(35)22-14-11-16-25-33(26-23-31-29-37-31)24-15-9-10-17-27-34/h27,30-31H,3-26,28-29H2,1-2H3. The van der Waals surface area contributed by atoms with E-state index < -0.39 is 0 Å². The van der Waals surface area contributed by atoms with Crippen molar-refractivity contribution in [2.24, 2.45) is 5.92 Å². The molecule has 1 fully saturated rings. The van der Waals surface area contributed by atoms with Crippen LogP contribution in [-0.2, 0) is 19.1 Å². The van der Waals surface area contributed by atoms with Crippen molar-refractivity contribution in [3.8, 4) is 0 Å². The fourth-order valence-electron chi connectivity index (χ4n) is 5.20. The Morgan fingerprint density at radius 1 is 0.811 bits per heavy atom. The van der Waals surface area contributed by atoms with Crippen LogP contribution in [0.15, 0.2) is 0 Å². The Morgan fingerprint density at radius 3 is 2.00 bits per heavy atom. The average Bonchev–Trinajstić information content (AvgIpc) is 3.73. The Bertz CT molecular complexity index is 511. The molecule has 0 bridgehead atoms.